The normalized spacial score (nSPS) is 28.0. The number of hydrogen-bond acceptors (Lipinski definition) is 4. The molecule has 0 radical (unpaired) electrons. The summed E-state index contributed by atoms with van der Waals surface area (Å²) in [6, 6.07) is 2.15. The van der Waals surface area contributed by atoms with Crippen LogP contribution in [-0.4, -0.2) is 23.6 Å². The Bertz CT molecular complexity index is 212. The third-order valence-corrected chi connectivity index (χ3v) is 3.06. The molecule has 1 heterocycles. The van der Waals surface area contributed by atoms with Gasteiger partial charge in [-0.3, -0.25) is 4.79 Å². The van der Waals surface area contributed by atoms with Gasteiger partial charge in [-0.05, 0) is 13.3 Å². The Balaban J connectivity index is 2.37. The number of nitriles is 1. The van der Waals surface area contributed by atoms with Crippen LogP contribution < -0.4 is 0 Å². The van der Waals surface area contributed by atoms with Crippen molar-refractivity contribution in [1.82, 2.24) is 0 Å². The molecule has 0 bridgehead atoms. The molecule has 0 N–H and O–H groups in total. The van der Waals surface area contributed by atoms with Gasteiger partial charge in [0.25, 0.3) is 0 Å². The molecule has 1 fully saturated rings. The molecule has 0 aromatic carbocycles. The largest absolute Gasteiger partial charge is 0.466 e. The van der Waals surface area contributed by atoms with E-state index in [1.165, 1.54) is 0 Å². The maximum atomic E-state index is 11.2. The van der Waals surface area contributed by atoms with Crippen LogP contribution >= 0.6 is 11.8 Å². The van der Waals surface area contributed by atoms with Crippen LogP contribution in [0.2, 0.25) is 0 Å². The number of rotatable bonds is 2. The summed E-state index contributed by atoms with van der Waals surface area (Å²) >= 11 is 1.54. The molecule has 1 saturated heterocycles. The van der Waals surface area contributed by atoms with E-state index in [0.717, 1.165) is 5.75 Å². The number of thioether (sulfide) groups is 1. The van der Waals surface area contributed by atoms with Gasteiger partial charge in [0.2, 0.25) is 0 Å². The summed E-state index contributed by atoms with van der Waals surface area (Å²) in [6.07, 6.45) is 0.653. The molecule has 0 aromatic heterocycles. The first-order valence-electron chi connectivity index (χ1n) is 3.95. The van der Waals surface area contributed by atoms with E-state index in [2.05, 4.69) is 6.07 Å². The van der Waals surface area contributed by atoms with Gasteiger partial charge in [0, 0.05) is 5.75 Å². The summed E-state index contributed by atoms with van der Waals surface area (Å²) in [7, 11) is 0. The Kier molecular flexibility index (Phi) is 3.42. The van der Waals surface area contributed by atoms with Crippen molar-refractivity contribution in [3.8, 4) is 6.07 Å². The van der Waals surface area contributed by atoms with E-state index in [-0.39, 0.29) is 17.1 Å². The fourth-order valence-electron chi connectivity index (χ4n) is 1.14. The minimum absolute atomic E-state index is 0.0144. The van der Waals surface area contributed by atoms with Crippen molar-refractivity contribution in [3.63, 3.8) is 0 Å². The number of hydrogen-bond donors (Lipinski definition) is 0. The molecule has 0 unspecified atom stereocenters. The minimum atomic E-state index is -0.150. The smallest absolute Gasteiger partial charge is 0.309 e. The third kappa shape index (κ3) is 2.15. The first-order chi connectivity index (χ1) is 5.77. The monoisotopic (exact) mass is 185 g/mol. The molecule has 12 heavy (non-hydrogen) atoms. The minimum Gasteiger partial charge on any atom is -0.466 e. The van der Waals surface area contributed by atoms with Crippen molar-refractivity contribution in [3.05, 3.63) is 0 Å². The van der Waals surface area contributed by atoms with Crippen LogP contribution in [0.5, 0.6) is 0 Å². The Morgan fingerprint density at radius 2 is 2.58 bits per heavy atom. The van der Waals surface area contributed by atoms with Crippen LogP contribution in [0.4, 0.5) is 0 Å². The lowest BCUT2D eigenvalue weighted by atomic mass is 10.1. The van der Waals surface area contributed by atoms with Gasteiger partial charge >= 0.3 is 5.97 Å². The van der Waals surface area contributed by atoms with E-state index in [9.17, 15) is 4.79 Å². The van der Waals surface area contributed by atoms with Gasteiger partial charge in [0.05, 0.1) is 23.8 Å². The number of ether oxygens (including phenoxy) is 1. The summed E-state index contributed by atoms with van der Waals surface area (Å²) in [5.74, 6) is 0.527. The summed E-state index contributed by atoms with van der Waals surface area (Å²) in [4.78, 5) is 11.2. The number of esters is 1. The quantitative estimate of drug-likeness (QED) is 0.606. The van der Waals surface area contributed by atoms with Crippen molar-refractivity contribution in [2.45, 2.75) is 18.6 Å². The van der Waals surface area contributed by atoms with Gasteiger partial charge in [0.1, 0.15) is 0 Å². The predicted octanol–water partition coefficient (Wildman–Crippen LogP) is 1.19. The van der Waals surface area contributed by atoms with Crippen LogP contribution in [0, 0.1) is 17.2 Å². The van der Waals surface area contributed by atoms with Crippen LogP contribution in [-0.2, 0) is 9.53 Å². The van der Waals surface area contributed by atoms with Gasteiger partial charge < -0.3 is 4.74 Å². The molecule has 1 aliphatic rings. The highest BCUT2D eigenvalue weighted by Crippen LogP contribution is 2.31. The third-order valence-electron chi connectivity index (χ3n) is 1.76. The number of carbonyl (C=O) groups excluding carboxylic acids is 1. The van der Waals surface area contributed by atoms with Crippen LogP contribution in [0.3, 0.4) is 0 Å². The Morgan fingerprint density at radius 3 is 3.08 bits per heavy atom. The van der Waals surface area contributed by atoms with E-state index in [1.54, 1.807) is 18.7 Å². The van der Waals surface area contributed by atoms with E-state index in [1.807, 2.05) is 0 Å². The highest BCUT2D eigenvalue weighted by Gasteiger charge is 2.31. The average Bonchev–Trinajstić information content (AvgIpc) is 2.52. The van der Waals surface area contributed by atoms with Gasteiger partial charge in [0.15, 0.2) is 0 Å². The van der Waals surface area contributed by atoms with Crippen molar-refractivity contribution < 1.29 is 9.53 Å². The molecular formula is C8H11NO2S. The summed E-state index contributed by atoms with van der Waals surface area (Å²) in [5, 5.41) is 8.56. The Labute approximate surface area is 76.1 Å². The second-order valence-electron chi connectivity index (χ2n) is 2.64. The maximum Gasteiger partial charge on any atom is 0.309 e. The molecule has 0 aliphatic carbocycles. The predicted molar refractivity (Wildman–Crippen MR) is 46.6 cm³/mol. The number of nitrogens with zero attached hydrogens (tertiary/aromatic N) is 1. The zero-order chi connectivity index (χ0) is 8.97. The molecule has 0 spiro atoms. The fraction of sp³-hybridized carbons (Fsp3) is 0.750. The second kappa shape index (κ2) is 4.36. The summed E-state index contributed by atoms with van der Waals surface area (Å²) < 4.78 is 4.86. The van der Waals surface area contributed by atoms with Gasteiger partial charge in [-0.1, -0.05) is 0 Å². The number of carbonyl (C=O) groups is 1. The molecule has 4 heteroatoms. The topological polar surface area (TPSA) is 50.1 Å². The van der Waals surface area contributed by atoms with Crippen molar-refractivity contribution in [2.24, 2.45) is 5.92 Å². The molecular weight excluding hydrogens is 174 g/mol. The Hall–Kier alpha value is -0.690. The lowest BCUT2D eigenvalue weighted by Crippen LogP contribution is -2.17. The SMILES string of the molecule is CCOC(=O)[C@@H]1CS[C@@H](C#N)C1. The van der Waals surface area contributed by atoms with Crippen molar-refractivity contribution in [2.75, 3.05) is 12.4 Å². The molecule has 0 aromatic rings. The van der Waals surface area contributed by atoms with E-state index in [4.69, 9.17) is 10.00 Å². The summed E-state index contributed by atoms with van der Waals surface area (Å²) in [6.45, 7) is 2.22. The molecule has 2 atom stereocenters. The summed E-state index contributed by atoms with van der Waals surface area (Å²) in [5.41, 5.74) is 0. The van der Waals surface area contributed by atoms with E-state index >= 15 is 0 Å². The molecule has 66 valence electrons. The van der Waals surface area contributed by atoms with Crippen LogP contribution in [0.15, 0.2) is 0 Å². The van der Waals surface area contributed by atoms with Gasteiger partial charge in [-0.15, -0.1) is 11.8 Å². The molecule has 0 amide bonds. The molecule has 3 nitrogen and oxygen atoms in total. The van der Waals surface area contributed by atoms with Crippen molar-refractivity contribution in [1.29, 1.82) is 5.26 Å². The van der Waals surface area contributed by atoms with Gasteiger partial charge in [-0.25, -0.2) is 0 Å². The lowest BCUT2D eigenvalue weighted by molar-refractivity contribution is -0.147. The molecule has 0 saturated carbocycles. The van der Waals surface area contributed by atoms with Crippen LogP contribution in [0.1, 0.15) is 13.3 Å². The van der Waals surface area contributed by atoms with Crippen molar-refractivity contribution >= 4 is 17.7 Å². The molecule has 1 rings (SSSR count). The fourth-order valence-corrected chi connectivity index (χ4v) is 2.32. The lowest BCUT2D eigenvalue weighted by Gasteiger charge is -2.05. The standard InChI is InChI=1S/C8H11NO2S/c1-2-11-8(10)6-3-7(4-9)12-5-6/h6-7H,2-3,5H2,1H3/t6-,7+/m0/s1. The second-order valence-corrected chi connectivity index (χ2v) is 3.87. The maximum absolute atomic E-state index is 11.2. The zero-order valence-corrected chi connectivity index (χ0v) is 7.76. The van der Waals surface area contributed by atoms with E-state index < -0.39 is 0 Å². The van der Waals surface area contributed by atoms with Crippen LogP contribution in [0.25, 0.3) is 0 Å². The zero-order valence-electron chi connectivity index (χ0n) is 6.95. The Morgan fingerprint density at radius 1 is 1.83 bits per heavy atom. The molecule has 1 aliphatic heterocycles. The average molecular weight is 185 g/mol. The van der Waals surface area contributed by atoms with Gasteiger partial charge in [-0.2, -0.15) is 5.26 Å². The first kappa shape index (κ1) is 9.40. The highest BCUT2D eigenvalue weighted by atomic mass is 32.2. The highest BCUT2D eigenvalue weighted by molar-refractivity contribution is 8.00. The van der Waals surface area contributed by atoms with E-state index in [0.29, 0.717) is 13.0 Å². The first-order valence-corrected chi connectivity index (χ1v) is 5.00.